The molecule has 0 radical (unpaired) electrons. The Bertz CT molecular complexity index is 807. The van der Waals surface area contributed by atoms with Crippen molar-refractivity contribution in [3.05, 3.63) is 63.7 Å². The molecule has 0 atom stereocenters. The highest BCUT2D eigenvalue weighted by Gasteiger charge is 2.22. The molecule has 0 aliphatic carbocycles. The monoisotopic (exact) mass is 342 g/mol. The minimum atomic E-state index is -0.341. The van der Waals surface area contributed by atoms with Gasteiger partial charge in [-0.15, -0.1) is 0 Å². The second-order valence-electron chi connectivity index (χ2n) is 6.46. The Morgan fingerprint density at radius 3 is 2.72 bits per heavy atom. The van der Waals surface area contributed by atoms with Crippen LogP contribution in [0.15, 0.2) is 45.6 Å². The molecule has 1 aromatic heterocycles. The van der Waals surface area contributed by atoms with Crippen molar-refractivity contribution < 1.29 is 14.3 Å². The molecule has 1 aromatic carbocycles. The van der Waals surface area contributed by atoms with Crippen LogP contribution < -0.4 is 10.7 Å². The van der Waals surface area contributed by atoms with Crippen molar-refractivity contribution in [3.63, 3.8) is 0 Å². The zero-order valence-electron chi connectivity index (χ0n) is 14.2. The standard InChI is InChI=1S/C19H22N2O4/c1-13-9-17(23)11-18(25-13)19(24)20-15-5-7-21(8-6-15)12-14-3-2-4-16(22)10-14/h2-4,9-11,15,22H,5-8,12H2,1H3,(H,20,24). The number of hydrogen-bond donors (Lipinski definition) is 2. The van der Waals surface area contributed by atoms with Gasteiger partial charge in [0.05, 0.1) is 0 Å². The summed E-state index contributed by atoms with van der Waals surface area (Å²) >= 11 is 0. The van der Waals surface area contributed by atoms with Crippen molar-refractivity contribution in [2.75, 3.05) is 13.1 Å². The zero-order chi connectivity index (χ0) is 17.8. The van der Waals surface area contributed by atoms with Gasteiger partial charge >= 0.3 is 0 Å². The predicted molar refractivity (Wildman–Crippen MR) is 93.6 cm³/mol. The summed E-state index contributed by atoms with van der Waals surface area (Å²) < 4.78 is 5.33. The van der Waals surface area contributed by atoms with E-state index in [2.05, 4.69) is 10.2 Å². The fourth-order valence-electron chi connectivity index (χ4n) is 3.12. The first kappa shape index (κ1) is 17.2. The van der Waals surface area contributed by atoms with E-state index in [0.717, 1.165) is 38.0 Å². The number of piperidine rings is 1. The third kappa shape index (κ3) is 4.70. The van der Waals surface area contributed by atoms with Gasteiger partial charge < -0.3 is 14.8 Å². The van der Waals surface area contributed by atoms with Crippen molar-refractivity contribution >= 4 is 5.91 Å². The Labute approximate surface area is 146 Å². The van der Waals surface area contributed by atoms with Gasteiger partial charge in [0.15, 0.2) is 11.2 Å². The Hall–Kier alpha value is -2.60. The maximum absolute atomic E-state index is 12.2. The SMILES string of the molecule is Cc1cc(=O)cc(C(=O)NC2CCN(Cc3cccc(O)c3)CC2)o1. The number of amides is 1. The first-order chi connectivity index (χ1) is 12.0. The molecule has 0 bridgehead atoms. The van der Waals surface area contributed by atoms with Crippen molar-refractivity contribution in [1.29, 1.82) is 0 Å². The van der Waals surface area contributed by atoms with Gasteiger partial charge in [-0.1, -0.05) is 12.1 Å². The van der Waals surface area contributed by atoms with E-state index < -0.39 is 0 Å². The van der Waals surface area contributed by atoms with Crippen molar-refractivity contribution in [1.82, 2.24) is 10.2 Å². The van der Waals surface area contributed by atoms with Crippen LogP contribution in [0.2, 0.25) is 0 Å². The maximum atomic E-state index is 12.2. The van der Waals surface area contributed by atoms with E-state index in [1.165, 1.54) is 12.1 Å². The molecule has 1 aliphatic heterocycles. The van der Waals surface area contributed by atoms with Crippen molar-refractivity contribution in [3.8, 4) is 5.75 Å². The van der Waals surface area contributed by atoms with Gasteiger partial charge in [-0.05, 0) is 37.5 Å². The highest BCUT2D eigenvalue weighted by molar-refractivity contribution is 5.91. The quantitative estimate of drug-likeness (QED) is 0.888. The van der Waals surface area contributed by atoms with E-state index in [1.807, 2.05) is 12.1 Å². The van der Waals surface area contributed by atoms with Gasteiger partial charge in [-0.2, -0.15) is 0 Å². The topological polar surface area (TPSA) is 82.8 Å². The Balaban J connectivity index is 1.52. The summed E-state index contributed by atoms with van der Waals surface area (Å²) in [7, 11) is 0. The fraction of sp³-hybridized carbons (Fsp3) is 0.368. The van der Waals surface area contributed by atoms with Gasteiger partial charge in [0.2, 0.25) is 0 Å². The number of phenols is 1. The summed E-state index contributed by atoms with van der Waals surface area (Å²) in [6.07, 6.45) is 1.67. The molecule has 1 saturated heterocycles. The molecule has 132 valence electrons. The molecule has 6 heteroatoms. The minimum Gasteiger partial charge on any atom is -0.508 e. The maximum Gasteiger partial charge on any atom is 0.287 e. The van der Waals surface area contributed by atoms with Gasteiger partial charge in [0, 0.05) is 37.8 Å². The van der Waals surface area contributed by atoms with Crippen LogP contribution in [0.4, 0.5) is 0 Å². The number of phenolic OH excluding ortho intramolecular Hbond substituents is 1. The molecule has 2 N–H and O–H groups in total. The lowest BCUT2D eigenvalue weighted by molar-refractivity contribution is 0.0877. The summed E-state index contributed by atoms with van der Waals surface area (Å²) in [4.78, 5) is 26.0. The predicted octanol–water partition coefficient (Wildman–Crippen LogP) is 2.05. The molecule has 1 fully saturated rings. The minimum absolute atomic E-state index is 0.0622. The molecule has 0 unspecified atom stereocenters. The summed E-state index contributed by atoms with van der Waals surface area (Å²) in [5.41, 5.74) is 0.846. The third-order valence-electron chi connectivity index (χ3n) is 4.35. The highest BCUT2D eigenvalue weighted by Crippen LogP contribution is 2.17. The van der Waals surface area contributed by atoms with Gasteiger partial charge in [0.25, 0.3) is 5.91 Å². The fourth-order valence-corrected chi connectivity index (χ4v) is 3.12. The molecule has 2 heterocycles. The lowest BCUT2D eigenvalue weighted by Crippen LogP contribution is -2.44. The summed E-state index contributed by atoms with van der Waals surface area (Å²) in [5.74, 6) is 0.428. The van der Waals surface area contributed by atoms with Gasteiger partial charge in [-0.3, -0.25) is 14.5 Å². The number of benzene rings is 1. The molecule has 1 amide bonds. The number of aryl methyl sites for hydroxylation is 1. The Kier molecular flexibility index (Phi) is 5.19. The van der Waals surface area contributed by atoms with Gasteiger partial charge in [-0.25, -0.2) is 0 Å². The van der Waals surface area contributed by atoms with Crippen LogP contribution in [0.1, 0.15) is 34.7 Å². The number of carbonyl (C=O) groups excluding carboxylic acids is 1. The van der Waals surface area contributed by atoms with Crippen LogP contribution in [-0.4, -0.2) is 35.0 Å². The van der Waals surface area contributed by atoms with Crippen LogP contribution in [0.25, 0.3) is 0 Å². The number of carbonyl (C=O) groups is 1. The van der Waals surface area contributed by atoms with E-state index in [-0.39, 0.29) is 28.9 Å². The number of hydrogen-bond acceptors (Lipinski definition) is 5. The Morgan fingerprint density at radius 2 is 2.04 bits per heavy atom. The second-order valence-corrected chi connectivity index (χ2v) is 6.46. The normalized spacial score (nSPS) is 15.9. The average molecular weight is 342 g/mol. The lowest BCUT2D eigenvalue weighted by Gasteiger charge is -2.32. The molecule has 25 heavy (non-hydrogen) atoms. The van der Waals surface area contributed by atoms with Crippen molar-refractivity contribution in [2.45, 2.75) is 32.4 Å². The first-order valence-corrected chi connectivity index (χ1v) is 8.42. The van der Waals surface area contributed by atoms with E-state index >= 15 is 0 Å². The first-order valence-electron chi connectivity index (χ1n) is 8.42. The Morgan fingerprint density at radius 1 is 1.28 bits per heavy atom. The van der Waals surface area contributed by atoms with Crippen LogP contribution in [0, 0.1) is 6.92 Å². The van der Waals surface area contributed by atoms with Gasteiger partial charge in [0.1, 0.15) is 11.5 Å². The number of nitrogens with zero attached hydrogens (tertiary/aromatic N) is 1. The molecule has 6 nitrogen and oxygen atoms in total. The second kappa shape index (κ2) is 7.53. The van der Waals surface area contributed by atoms with E-state index in [1.54, 1.807) is 19.1 Å². The smallest absolute Gasteiger partial charge is 0.287 e. The molecular formula is C19H22N2O4. The molecule has 2 aromatic rings. The molecule has 0 saturated carbocycles. The molecule has 3 rings (SSSR count). The lowest BCUT2D eigenvalue weighted by atomic mass is 10.0. The summed E-state index contributed by atoms with van der Waals surface area (Å²) in [6.45, 7) is 4.15. The van der Waals surface area contributed by atoms with Crippen molar-refractivity contribution in [2.24, 2.45) is 0 Å². The third-order valence-corrected chi connectivity index (χ3v) is 4.35. The summed E-state index contributed by atoms with van der Waals surface area (Å²) in [5, 5.41) is 12.5. The van der Waals surface area contributed by atoms with Crippen LogP contribution in [-0.2, 0) is 6.54 Å². The van der Waals surface area contributed by atoms with E-state index in [4.69, 9.17) is 4.42 Å². The number of rotatable bonds is 4. The molecule has 0 spiro atoms. The molecule has 1 aliphatic rings. The number of likely N-dealkylation sites (tertiary alicyclic amines) is 1. The van der Waals surface area contributed by atoms with E-state index in [9.17, 15) is 14.7 Å². The number of aromatic hydroxyl groups is 1. The average Bonchev–Trinajstić information content (AvgIpc) is 2.56. The van der Waals surface area contributed by atoms with Crippen LogP contribution in [0.3, 0.4) is 0 Å². The van der Waals surface area contributed by atoms with E-state index in [0.29, 0.717) is 5.76 Å². The largest absolute Gasteiger partial charge is 0.508 e. The van der Waals surface area contributed by atoms with Crippen LogP contribution in [0.5, 0.6) is 5.75 Å². The highest BCUT2D eigenvalue weighted by atomic mass is 16.3. The number of nitrogens with one attached hydrogen (secondary N) is 1. The zero-order valence-corrected chi connectivity index (χ0v) is 14.2. The summed E-state index contributed by atoms with van der Waals surface area (Å²) in [6, 6.07) is 9.91. The van der Waals surface area contributed by atoms with Crippen LogP contribution >= 0.6 is 0 Å². The molecular weight excluding hydrogens is 320 g/mol.